The molecule has 4 nitrogen and oxygen atoms in total. The standard InChI is InChI=1S/C12H11Br2N3O/c1-6(2)10-9(14)12(18)17-11(16-10)8-4-3-7(13)5-15-8/h3-6H,1-2H3,(H,16,17,18). The molecule has 18 heavy (non-hydrogen) atoms. The van der Waals surface area contributed by atoms with Crippen LogP contribution in [0.1, 0.15) is 25.5 Å². The van der Waals surface area contributed by atoms with Gasteiger partial charge in [-0.3, -0.25) is 9.78 Å². The molecule has 0 saturated heterocycles. The molecule has 0 radical (unpaired) electrons. The molecule has 2 heterocycles. The summed E-state index contributed by atoms with van der Waals surface area (Å²) < 4.78 is 1.37. The number of rotatable bonds is 2. The lowest BCUT2D eigenvalue weighted by molar-refractivity contribution is 0.802. The van der Waals surface area contributed by atoms with Crippen molar-refractivity contribution in [2.45, 2.75) is 19.8 Å². The van der Waals surface area contributed by atoms with E-state index in [4.69, 9.17) is 0 Å². The molecule has 0 unspecified atom stereocenters. The third kappa shape index (κ3) is 2.70. The van der Waals surface area contributed by atoms with Crippen molar-refractivity contribution in [3.05, 3.63) is 43.3 Å². The molecule has 0 aliphatic rings. The van der Waals surface area contributed by atoms with Crippen LogP contribution < -0.4 is 5.56 Å². The minimum Gasteiger partial charge on any atom is -0.304 e. The van der Waals surface area contributed by atoms with Crippen LogP contribution >= 0.6 is 31.9 Å². The summed E-state index contributed by atoms with van der Waals surface area (Å²) in [7, 11) is 0. The molecule has 2 aromatic rings. The summed E-state index contributed by atoms with van der Waals surface area (Å²) in [6, 6.07) is 3.67. The first-order valence-corrected chi connectivity index (χ1v) is 6.99. The summed E-state index contributed by atoms with van der Waals surface area (Å²) in [4.78, 5) is 23.2. The topological polar surface area (TPSA) is 58.6 Å². The zero-order valence-electron chi connectivity index (χ0n) is 9.87. The summed E-state index contributed by atoms with van der Waals surface area (Å²) in [5, 5.41) is 0. The minimum absolute atomic E-state index is 0.163. The van der Waals surface area contributed by atoms with Gasteiger partial charge in [0.25, 0.3) is 5.56 Å². The molecular formula is C12H11Br2N3O. The van der Waals surface area contributed by atoms with E-state index in [1.807, 2.05) is 19.9 Å². The molecule has 1 N–H and O–H groups in total. The van der Waals surface area contributed by atoms with Gasteiger partial charge in [-0.25, -0.2) is 4.98 Å². The zero-order valence-corrected chi connectivity index (χ0v) is 13.0. The van der Waals surface area contributed by atoms with Crippen LogP contribution in [0, 0.1) is 0 Å². The first kappa shape index (κ1) is 13.4. The Bertz CT molecular complexity index is 620. The van der Waals surface area contributed by atoms with Crippen molar-refractivity contribution in [3.8, 4) is 11.5 Å². The SMILES string of the molecule is CC(C)c1nc(-c2ccc(Br)cn2)[nH]c(=O)c1Br. The van der Waals surface area contributed by atoms with Gasteiger partial charge in [-0.2, -0.15) is 0 Å². The van der Waals surface area contributed by atoms with E-state index in [0.29, 0.717) is 16.0 Å². The van der Waals surface area contributed by atoms with Crippen molar-refractivity contribution in [1.29, 1.82) is 0 Å². The van der Waals surface area contributed by atoms with Gasteiger partial charge in [0.15, 0.2) is 5.82 Å². The molecule has 2 rings (SSSR count). The maximum Gasteiger partial charge on any atom is 0.265 e. The number of nitrogens with zero attached hydrogens (tertiary/aromatic N) is 2. The number of halogens is 2. The van der Waals surface area contributed by atoms with E-state index in [0.717, 1.165) is 10.2 Å². The first-order valence-electron chi connectivity index (χ1n) is 5.40. The fourth-order valence-electron chi connectivity index (χ4n) is 1.50. The highest BCUT2D eigenvalue weighted by molar-refractivity contribution is 9.10. The normalized spacial score (nSPS) is 10.9. The van der Waals surface area contributed by atoms with Crippen LogP contribution in [0.2, 0.25) is 0 Å². The molecule has 0 fully saturated rings. The summed E-state index contributed by atoms with van der Waals surface area (Å²) in [6.45, 7) is 3.98. The molecule has 0 saturated carbocycles. The predicted octanol–water partition coefficient (Wildman–Crippen LogP) is 3.48. The molecule has 2 aromatic heterocycles. The van der Waals surface area contributed by atoms with Gasteiger partial charge < -0.3 is 4.98 Å². The largest absolute Gasteiger partial charge is 0.304 e. The van der Waals surface area contributed by atoms with E-state index in [2.05, 4.69) is 46.8 Å². The molecular weight excluding hydrogens is 362 g/mol. The smallest absolute Gasteiger partial charge is 0.265 e. The van der Waals surface area contributed by atoms with E-state index in [1.165, 1.54) is 0 Å². The van der Waals surface area contributed by atoms with Crippen LogP contribution in [0.3, 0.4) is 0 Å². The molecule has 0 aliphatic heterocycles. The average Bonchev–Trinajstić information content (AvgIpc) is 2.33. The Balaban J connectivity index is 2.59. The third-order valence-corrected chi connectivity index (χ3v) is 3.64. The van der Waals surface area contributed by atoms with E-state index in [-0.39, 0.29) is 11.5 Å². The third-order valence-electron chi connectivity index (χ3n) is 2.41. The van der Waals surface area contributed by atoms with Gasteiger partial charge in [-0.15, -0.1) is 0 Å². The Labute approximate surface area is 121 Å². The highest BCUT2D eigenvalue weighted by atomic mass is 79.9. The summed E-state index contributed by atoms with van der Waals surface area (Å²) in [6.07, 6.45) is 1.67. The number of hydrogen-bond donors (Lipinski definition) is 1. The second-order valence-electron chi connectivity index (χ2n) is 4.13. The number of aromatic nitrogens is 3. The van der Waals surface area contributed by atoms with E-state index in [9.17, 15) is 4.79 Å². The van der Waals surface area contributed by atoms with Crippen LogP contribution in [0.5, 0.6) is 0 Å². The van der Waals surface area contributed by atoms with Crippen LogP contribution in [0.15, 0.2) is 32.1 Å². The van der Waals surface area contributed by atoms with E-state index >= 15 is 0 Å². The van der Waals surface area contributed by atoms with Crippen LogP contribution in [-0.2, 0) is 0 Å². The molecule has 0 atom stereocenters. The van der Waals surface area contributed by atoms with Crippen molar-refractivity contribution < 1.29 is 0 Å². The monoisotopic (exact) mass is 371 g/mol. The number of nitrogens with one attached hydrogen (secondary N) is 1. The van der Waals surface area contributed by atoms with Gasteiger partial charge in [-0.1, -0.05) is 13.8 Å². The lowest BCUT2D eigenvalue weighted by Gasteiger charge is -2.08. The molecule has 0 bridgehead atoms. The minimum atomic E-state index is -0.187. The molecule has 0 spiro atoms. The van der Waals surface area contributed by atoms with Gasteiger partial charge in [0.05, 0.1) is 5.69 Å². The number of hydrogen-bond acceptors (Lipinski definition) is 3. The van der Waals surface area contributed by atoms with Gasteiger partial charge in [0.1, 0.15) is 10.2 Å². The van der Waals surface area contributed by atoms with Crippen molar-refractivity contribution in [1.82, 2.24) is 15.0 Å². The van der Waals surface area contributed by atoms with Gasteiger partial charge in [0.2, 0.25) is 0 Å². The van der Waals surface area contributed by atoms with E-state index in [1.54, 1.807) is 12.3 Å². The first-order chi connectivity index (χ1) is 8.49. The number of pyridine rings is 1. The highest BCUT2D eigenvalue weighted by Crippen LogP contribution is 2.22. The Morgan fingerprint density at radius 1 is 1.28 bits per heavy atom. The number of H-pyrrole nitrogens is 1. The predicted molar refractivity (Wildman–Crippen MR) is 77.6 cm³/mol. The molecule has 0 amide bonds. The fourth-order valence-corrected chi connectivity index (χ4v) is 2.38. The van der Waals surface area contributed by atoms with Crippen LogP contribution in [0.4, 0.5) is 0 Å². The highest BCUT2D eigenvalue weighted by Gasteiger charge is 2.13. The molecule has 0 aliphatic carbocycles. The molecule has 6 heteroatoms. The Hall–Kier alpha value is -1.01. The number of aromatic amines is 1. The van der Waals surface area contributed by atoms with Crippen molar-refractivity contribution in [2.24, 2.45) is 0 Å². The molecule has 94 valence electrons. The second kappa shape index (κ2) is 5.32. The maximum absolute atomic E-state index is 11.8. The van der Waals surface area contributed by atoms with Crippen molar-refractivity contribution >= 4 is 31.9 Å². The Morgan fingerprint density at radius 3 is 2.56 bits per heavy atom. The maximum atomic E-state index is 11.8. The summed E-state index contributed by atoms with van der Waals surface area (Å²) in [5.74, 6) is 0.648. The zero-order chi connectivity index (χ0) is 13.3. The van der Waals surface area contributed by atoms with E-state index < -0.39 is 0 Å². The Kier molecular flexibility index (Phi) is 3.97. The summed E-state index contributed by atoms with van der Waals surface area (Å²) >= 11 is 6.58. The van der Waals surface area contributed by atoms with Gasteiger partial charge in [0, 0.05) is 10.7 Å². The van der Waals surface area contributed by atoms with Gasteiger partial charge >= 0.3 is 0 Å². The van der Waals surface area contributed by atoms with Crippen LogP contribution in [-0.4, -0.2) is 15.0 Å². The molecule has 0 aromatic carbocycles. The van der Waals surface area contributed by atoms with Crippen LogP contribution in [0.25, 0.3) is 11.5 Å². The second-order valence-corrected chi connectivity index (χ2v) is 5.84. The van der Waals surface area contributed by atoms with Crippen molar-refractivity contribution in [3.63, 3.8) is 0 Å². The fraction of sp³-hybridized carbons (Fsp3) is 0.250. The summed E-state index contributed by atoms with van der Waals surface area (Å²) in [5.41, 5.74) is 1.19. The lowest BCUT2D eigenvalue weighted by Crippen LogP contribution is -2.14. The lowest BCUT2D eigenvalue weighted by atomic mass is 10.1. The quantitative estimate of drug-likeness (QED) is 0.877. The van der Waals surface area contributed by atoms with Gasteiger partial charge in [-0.05, 0) is 49.9 Å². The Morgan fingerprint density at radius 2 is 2.00 bits per heavy atom. The average molecular weight is 373 g/mol. The van der Waals surface area contributed by atoms with Crippen molar-refractivity contribution in [2.75, 3.05) is 0 Å².